The highest BCUT2D eigenvalue weighted by Gasteiger charge is 2.39. The first kappa shape index (κ1) is 9.51. The largest absolute Gasteiger partial charge is 0.390 e. The first-order valence-corrected chi connectivity index (χ1v) is 4.48. The van der Waals surface area contributed by atoms with Gasteiger partial charge >= 0.3 is 0 Å². The summed E-state index contributed by atoms with van der Waals surface area (Å²) in [4.78, 5) is 0. The Labute approximate surface area is 79.5 Å². The van der Waals surface area contributed by atoms with Crippen molar-refractivity contribution in [1.82, 2.24) is 15.0 Å². The Hall–Kier alpha value is -1.04. The fourth-order valence-electron chi connectivity index (χ4n) is 1.56. The van der Waals surface area contributed by atoms with Crippen LogP contribution in [0.2, 0.25) is 0 Å². The smallest absolute Gasteiger partial charge is 0.282 e. The van der Waals surface area contributed by atoms with Gasteiger partial charge in [-0.05, 0) is 12.3 Å². The number of nitrogens with zero attached hydrogens (tertiary/aromatic N) is 3. The van der Waals surface area contributed by atoms with Gasteiger partial charge in [0.1, 0.15) is 11.4 Å². The lowest BCUT2D eigenvalue weighted by Gasteiger charge is -2.04. The minimum absolute atomic E-state index is 0.0147. The summed E-state index contributed by atoms with van der Waals surface area (Å²) in [5.41, 5.74) is -0.249. The third-order valence-electron chi connectivity index (χ3n) is 2.54. The van der Waals surface area contributed by atoms with Gasteiger partial charge in [0.2, 0.25) is 0 Å². The predicted octanol–water partition coefficient (Wildman–Crippen LogP) is 1.29. The van der Waals surface area contributed by atoms with E-state index >= 15 is 0 Å². The monoisotopic (exact) mass is 203 g/mol. The summed E-state index contributed by atoms with van der Waals surface area (Å²) in [6, 6.07) is 0.0341. The second-order valence-corrected chi connectivity index (χ2v) is 3.61. The zero-order chi connectivity index (χ0) is 10.3. The van der Waals surface area contributed by atoms with Crippen molar-refractivity contribution in [2.45, 2.75) is 32.4 Å². The van der Waals surface area contributed by atoms with Gasteiger partial charge in [-0.25, -0.2) is 13.5 Å². The van der Waals surface area contributed by atoms with Gasteiger partial charge in [0.05, 0.1) is 12.6 Å². The van der Waals surface area contributed by atoms with Crippen LogP contribution in [0.25, 0.3) is 0 Å². The van der Waals surface area contributed by atoms with E-state index in [1.807, 2.05) is 6.92 Å². The molecule has 0 aliphatic heterocycles. The second kappa shape index (κ2) is 3.27. The van der Waals surface area contributed by atoms with Gasteiger partial charge in [-0.1, -0.05) is 12.1 Å². The van der Waals surface area contributed by atoms with Crippen molar-refractivity contribution in [2.24, 2.45) is 5.92 Å². The minimum Gasteiger partial charge on any atom is -0.390 e. The molecule has 1 fully saturated rings. The van der Waals surface area contributed by atoms with Crippen LogP contribution in [-0.4, -0.2) is 20.1 Å². The number of hydrogen-bond acceptors (Lipinski definition) is 3. The molecule has 14 heavy (non-hydrogen) atoms. The molecule has 1 saturated carbocycles. The number of hydrogen-bond donors (Lipinski definition) is 1. The fourth-order valence-corrected chi connectivity index (χ4v) is 1.56. The molecule has 6 heteroatoms. The molecule has 1 aromatic rings. The lowest BCUT2D eigenvalue weighted by atomic mass is 10.3. The van der Waals surface area contributed by atoms with E-state index in [0.29, 0.717) is 5.92 Å². The molecular formula is C8H11F2N3O. The molecule has 78 valence electrons. The molecule has 0 spiro atoms. The molecule has 1 heterocycles. The van der Waals surface area contributed by atoms with Gasteiger partial charge in [-0.15, -0.1) is 5.10 Å². The van der Waals surface area contributed by atoms with Gasteiger partial charge in [0.25, 0.3) is 6.43 Å². The Bertz CT molecular complexity index is 339. The number of halogens is 2. The molecule has 1 aliphatic carbocycles. The maximum absolute atomic E-state index is 12.6. The molecular weight excluding hydrogens is 192 g/mol. The summed E-state index contributed by atoms with van der Waals surface area (Å²) in [6.07, 6.45) is -1.77. The van der Waals surface area contributed by atoms with Crippen LogP contribution >= 0.6 is 0 Å². The molecule has 0 bridgehead atoms. The van der Waals surface area contributed by atoms with Gasteiger partial charge in [0.15, 0.2) is 0 Å². The van der Waals surface area contributed by atoms with Crippen LogP contribution < -0.4 is 0 Å². The zero-order valence-electron chi connectivity index (χ0n) is 7.69. The molecule has 2 rings (SSSR count). The van der Waals surface area contributed by atoms with Crippen molar-refractivity contribution in [2.75, 3.05) is 0 Å². The first-order valence-electron chi connectivity index (χ1n) is 4.48. The summed E-state index contributed by atoms with van der Waals surface area (Å²) >= 11 is 0. The molecule has 4 nitrogen and oxygen atoms in total. The van der Waals surface area contributed by atoms with Crippen molar-refractivity contribution in [3.05, 3.63) is 11.4 Å². The summed E-state index contributed by atoms with van der Waals surface area (Å²) in [6.45, 7) is 1.49. The average molecular weight is 203 g/mol. The molecule has 0 aromatic carbocycles. The Morgan fingerprint density at radius 2 is 2.29 bits per heavy atom. The van der Waals surface area contributed by atoms with E-state index in [4.69, 9.17) is 5.11 Å². The summed E-state index contributed by atoms with van der Waals surface area (Å²) in [5.74, 6) is 0.376. The molecule has 1 N–H and O–H groups in total. The average Bonchev–Trinajstić information content (AvgIpc) is 2.72. The highest BCUT2D eigenvalue weighted by molar-refractivity contribution is 5.13. The molecule has 2 atom stereocenters. The van der Waals surface area contributed by atoms with Gasteiger partial charge in [0, 0.05) is 0 Å². The van der Waals surface area contributed by atoms with Gasteiger partial charge < -0.3 is 5.11 Å². The number of aliphatic hydroxyl groups is 1. The third-order valence-corrected chi connectivity index (χ3v) is 2.54. The van der Waals surface area contributed by atoms with E-state index in [0.717, 1.165) is 6.42 Å². The second-order valence-electron chi connectivity index (χ2n) is 3.61. The number of alkyl halides is 2. The highest BCUT2D eigenvalue weighted by atomic mass is 19.3. The molecule has 1 aromatic heterocycles. The summed E-state index contributed by atoms with van der Waals surface area (Å²) in [7, 11) is 0. The molecule has 0 amide bonds. The van der Waals surface area contributed by atoms with Crippen molar-refractivity contribution >= 4 is 0 Å². The normalized spacial score (nSPS) is 25.8. The van der Waals surface area contributed by atoms with Crippen LogP contribution in [0.3, 0.4) is 0 Å². The SMILES string of the molecule is CC1CC1n1nnc(CO)c1C(F)F. The van der Waals surface area contributed by atoms with Gasteiger partial charge in [-0.2, -0.15) is 0 Å². The van der Waals surface area contributed by atoms with E-state index in [-0.39, 0.29) is 17.4 Å². The maximum atomic E-state index is 12.6. The van der Waals surface area contributed by atoms with Crippen molar-refractivity contribution in [3.63, 3.8) is 0 Å². The van der Waals surface area contributed by atoms with Crippen molar-refractivity contribution in [3.8, 4) is 0 Å². The Balaban J connectivity index is 2.35. The van der Waals surface area contributed by atoms with Crippen LogP contribution in [0.1, 0.15) is 37.2 Å². The van der Waals surface area contributed by atoms with Crippen LogP contribution in [0, 0.1) is 5.92 Å². The summed E-state index contributed by atoms with van der Waals surface area (Å²) in [5, 5.41) is 16.0. The van der Waals surface area contributed by atoms with Crippen LogP contribution in [0.5, 0.6) is 0 Å². The molecule has 1 aliphatic rings. The molecule has 0 saturated heterocycles. The Morgan fingerprint density at radius 3 is 2.71 bits per heavy atom. The van der Waals surface area contributed by atoms with E-state index in [1.54, 1.807) is 0 Å². The van der Waals surface area contributed by atoms with Crippen LogP contribution in [0.4, 0.5) is 8.78 Å². The Morgan fingerprint density at radius 1 is 1.64 bits per heavy atom. The summed E-state index contributed by atoms with van der Waals surface area (Å²) < 4.78 is 26.5. The lowest BCUT2D eigenvalue weighted by Crippen LogP contribution is -2.05. The number of aliphatic hydroxyl groups excluding tert-OH is 1. The van der Waals surface area contributed by atoms with E-state index in [1.165, 1.54) is 4.68 Å². The number of rotatable bonds is 3. The predicted molar refractivity (Wildman–Crippen MR) is 43.7 cm³/mol. The third kappa shape index (κ3) is 1.39. The standard InChI is InChI=1S/C8H11F2N3O/c1-4-2-6(4)13-7(8(9)10)5(3-14)11-12-13/h4,6,8,14H,2-3H2,1H3. The number of aromatic nitrogens is 3. The maximum Gasteiger partial charge on any atom is 0.282 e. The lowest BCUT2D eigenvalue weighted by molar-refractivity contribution is 0.134. The highest BCUT2D eigenvalue weighted by Crippen LogP contribution is 2.44. The molecule has 0 radical (unpaired) electrons. The molecule has 2 unspecified atom stereocenters. The topological polar surface area (TPSA) is 50.9 Å². The fraction of sp³-hybridized carbons (Fsp3) is 0.750. The van der Waals surface area contributed by atoms with Crippen LogP contribution in [0.15, 0.2) is 0 Å². The van der Waals surface area contributed by atoms with E-state index < -0.39 is 13.0 Å². The van der Waals surface area contributed by atoms with Crippen molar-refractivity contribution < 1.29 is 13.9 Å². The Kier molecular flexibility index (Phi) is 2.22. The minimum atomic E-state index is -2.63. The van der Waals surface area contributed by atoms with Crippen LogP contribution in [-0.2, 0) is 6.61 Å². The van der Waals surface area contributed by atoms with E-state index in [9.17, 15) is 8.78 Å². The zero-order valence-corrected chi connectivity index (χ0v) is 7.69. The van der Waals surface area contributed by atoms with E-state index in [2.05, 4.69) is 10.3 Å². The first-order chi connectivity index (χ1) is 6.65. The van der Waals surface area contributed by atoms with Crippen molar-refractivity contribution in [1.29, 1.82) is 0 Å². The van der Waals surface area contributed by atoms with Gasteiger partial charge in [-0.3, -0.25) is 0 Å². The quantitative estimate of drug-likeness (QED) is 0.805.